The van der Waals surface area contributed by atoms with Crippen molar-refractivity contribution < 1.29 is 14.6 Å². The van der Waals surface area contributed by atoms with Crippen LogP contribution in [0.2, 0.25) is 15.1 Å². The molecule has 23 heavy (non-hydrogen) atoms. The van der Waals surface area contributed by atoms with E-state index in [0.717, 1.165) is 0 Å². The lowest BCUT2D eigenvalue weighted by atomic mass is 10.2. The van der Waals surface area contributed by atoms with Crippen molar-refractivity contribution in [1.29, 1.82) is 0 Å². The summed E-state index contributed by atoms with van der Waals surface area (Å²) in [4.78, 5) is 11.2. The van der Waals surface area contributed by atoms with Gasteiger partial charge in [0, 0.05) is 28.3 Å². The average molecular weight is 375 g/mol. The highest BCUT2D eigenvalue weighted by Gasteiger charge is 2.10. The maximum Gasteiger partial charge on any atom is 0.337 e. The van der Waals surface area contributed by atoms with Crippen molar-refractivity contribution in [3.63, 3.8) is 0 Å². The predicted molar refractivity (Wildman–Crippen MR) is 93.5 cm³/mol. The molecule has 2 aromatic rings. The summed E-state index contributed by atoms with van der Waals surface area (Å²) in [6.45, 7) is 0.961. The van der Waals surface area contributed by atoms with Gasteiger partial charge in [-0.05, 0) is 36.8 Å². The van der Waals surface area contributed by atoms with Crippen LogP contribution in [0.15, 0.2) is 36.4 Å². The van der Waals surface area contributed by atoms with Crippen LogP contribution in [0, 0.1) is 0 Å². The molecule has 2 aromatic carbocycles. The Bertz CT molecular complexity index is 707. The van der Waals surface area contributed by atoms with E-state index in [2.05, 4.69) is 5.32 Å². The first-order chi connectivity index (χ1) is 11.0. The van der Waals surface area contributed by atoms with Gasteiger partial charge >= 0.3 is 5.97 Å². The van der Waals surface area contributed by atoms with Crippen LogP contribution in [0.3, 0.4) is 0 Å². The number of anilines is 1. The maximum absolute atomic E-state index is 11.2. The summed E-state index contributed by atoms with van der Waals surface area (Å²) >= 11 is 17.7. The molecule has 0 aliphatic carbocycles. The minimum absolute atomic E-state index is 0.135. The number of ether oxygens (including phenoxy) is 1. The van der Waals surface area contributed by atoms with Crippen molar-refractivity contribution in [2.75, 3.05) is 18.5 Å². The molecule has 0 radical (unpaired) electrons. The molecule has 7 heteroatoms. The summed E-state index contributed by atoms with van der Waals surface area (Å²) in [6, 6.07) is 9.70. The monoisotopic (exact) mass is 373 g/mol. The number of carboxylic acids is 1. The van der Waals surface area contributed by atoms with E-state index < -0.39 is 5.97 Å². The maximum atomic E-state index is 11.2. The molecule has 0 aromatic heterocycles. The van der Waals surface area contributed by atoms with E-state index >= 15 is 0 Å². The molecule has 0 bridgehead atoms. The number of carbonyl (C=O) groups is 1. The minimum Gasteiger partial charge on any atom is -0.492 e. The van der Waals surface area contributed by atoms with Gasteiger partial charge in [-0.25, -0.2) is 4.79 Å². The Labute approximate surface area is 148 Å². The van der Waals surface area contributed by atoms with Crippen LogP contribution in [0.1, 0.15) is 16.8 Å². The van der Waals surface area contributed by atoms with Crippen molar-refractivity contribution in [2.24, 2.45) is 0 Å². The molecule has 2 rings (SSSR count). The SMILES string of the molecule is O=C(O)c1cc(Cl)ccc1NCCCOc1cc(Cl)ccc1Cl. The van der Waals surface area contributed by atoms with E-state index in [1.165, 1.54) is 6.07 Å². The van der Waals surface area contributed by atoms with Crippen LogP contribution >= 0.6 is 34.8 Å². The lowest BCUT2D eigenvalue weighted by molar-refractivity contribution is 0.0698. The molecule has 0 unspecified atom stereocenters. The van der Waals surface area contributed by atoms with Crippen LogP contribution in [-0.2, 0) is 0 Å². The van der Waals surface area contributed by atoms with E-state index in [4.69, 9.17) is 44.6 Å². The zero-order chi connectivity index (χ0) is 16.8. The zero-order valence-corrected chi connectivity index (χ0v) is 14.3. The quantitative estimate of drug-likeness (QED) is 0.652. The molecular formula is C16H14Cl3NO3. The van der Waals surface area contributed by atoms with E-state index in [0.29, 0.717) is 46.1 Å². The molecule has 0 heterocycles. The first-order valence-electron chi connectivity index (χ1n) is 6.82. The van der Waals surface area contributed by atoms with Crippen LogP contribution in [-0.4, -0.2) is 24.2 Å². The molecule has 0 aliphatic heterocycles. The Morgan fingerprint density at radius 3 is 2.52 bits per heavy atom. The molecule has 0 saturated heterocycles. The third kappa shape index (κ3) is 5.20. The Morgan fingerprint density at radius 1 is 1.09 bits per heavy atom. The fourth-order valence-corrected chi connectivity index (χ4v) is 2.42. The van der Waals surface area contributed by atoms with Gasteiger partial charge in [-0.15, -0.1) is 0 Å². The molecule has 0 aliphatic rings. The van der Waals surface area contributed by atoms with Gasteiger partial charge in [-0.3, -0.25) is 0 Å². The van der Waals surface area contributed by atoms with Gasteiger partial charge in [-0.1, -0.05) is 34.8 Å². The Morgan fingerprint density at radius 2 is 1.78 bits per heavy atom. The average Bonchev–Trinajstić information content (AvgIpc) is 2.51. The highest BCUT2D eigenvalue weighted by Crippen LogP contribution is 2.27. The third-order valence-electron chi connectivity index (χ3n) is 3.00. The number of carboxylic acid groups (broad SMARTS) is 1. The van der Waals surface area contributed by atoms with Gasteiger partial charge in [0.15, 0.2) is 0 Å². The van der Waals surface area contributed by atoms with Crippen molar-refractivity contribution in [3.8, 4) is 5.75 Å². The van der Waals surface area contributed by atoms with Crippen LogP contribution < -0.4 is 10.1 Å². The first-order valence-corrected chi connectivity index (χ1v) is 7.95. The molecule has 122 valence electrons. The summed E-state index contributed by atoms with van der Waals surface area (Å²) in [5.41, 5.74) is 0.652. The molecule has 4 nitrogen and oxygen atoms in total. The van der Waals surface area contributed by atoms with E-state index in [1.807, 2.05) is 0 Å². The van der Waals surface area contributed by atoms with Gasteiger partial charge < -0.3 is 15.2 Å². The number of rotatable bonds is 7. The lowest BCUT2D eigenvalue weighted by Gasteiger charge is -2.11. The predicted octanol–water partition coefficient (Wildman–Crippen LogP) is 5.23. The normalized spacial score (nSPS) is 10.4. The number of hydrogen-bond acceptors (Lipinski definition) is 3. The molecule has 0 amide bonds. The van der Waals surface area contributed by atoms with Gasteiger partial charge in [0.2, 0.25) is 0 Å². The van der Waals surface area contributed by atoms with Gasteiger partial charge in [0.1, 0.15) is 5.75 Å². The van der Waals surface area contributed by atoms with Crippen LogP contribution in [0.5, 0.6) is 5.75 Å². The summed E-state index contributed by atoms with van der Waals surface area (Å²) in [5, 5.41) is 13.6. The minimum atomic E-state index is -1.03. The van der Waals surface area contributed by atoms with E-state index in [-0.39, 0.29) is 5.56 Å². The number of hydrogen-bond donors (Lipinski definition) is 2. The summed E-state index contributed by atoms with van der Waals surface area (Å²) in [6.07, 6.45) is 0.657. The second-order valence-corrected chi connectivity index (χ2v) is 5.98. The number of nitrogens with one attached hydrogen (secondary N) is 1. The fourth-order valence-electron chi connectivity index (χ4n) is 1.91. The van der Waals surface area contributed by atoms with Crippen LogP contribution in [0.25, 0.3) is 0 Å². The molecule has 2 N–H and O–H groups in total. The highest BCUT2D eigenvalue weighted by atomic mass is 35.5. The van der Waals surface area contributed by atoms with Crippen molar-refractivity contribution >= 4 is 46.5 Å². The molecule has 0 spiro atoms. The Hall–Kier alpha value is -1.62. The molecule has 0 fully saturated rings. The highest BCUT2D eigenvalue weighted by molar-refractivity contribution is 6.34. The standard InChI is InChI=1S/C16H14Cl3NO3/c17-10-3-5-14(12(8-10)16(21)22)20-6-1-7-23-15-9-11(18)2-4-13(15)19/h2-5,8-9,20H,1,6-7H2,(H,21,22). The summed E-state index contributed by atoms with van der Waals surface area (Å²) in [5.74, 6) is -0.506. The molecule has 0 saturated carbocycles. The van der Waals surface area contributed by atoms with Gasteiger partial charge in [-0.2, -0.15) is 0 Å². The van der Waals surface area contributed by atoms with E-state index in [1.54, 1.807) is 30.3 Å². The summed E-state index contributed by atoms with van der Waals surface area (Å²) < 4.78 is 5.56. The molecule has 0 atom stereocenters. The smallest absolute Gasteiger partial charge is 0.337 e. The third-order valence-corrected chi connectivity index (χ3v) is 3.78. The number of benzene rings is 2. The topological polar surface area (TPSA) is 58.6 Å². The van der Waals surface area contributed by atoms with Gasteiger partial charge in [0.25, 0.3) is 0 Å². The summed E-state index contributed by atoms with van der Waals surface area (Å²) in [7, 11) is 0. The Balaban J connectivity index is 1.84. The second-order valence-electron chi connectivity index (χ2n) is 4.70. The number of aromatic carboxylic acids is 1. The lowest BCUT2D eigenvalue weighted by Crippen LogP contribution is -2.10. The first kappa shape index (κ1) is 17.7. The van der Waals surface area contributed by atoms with E-state index in [9.17, 15) is 4.79 Å². The molecular weight excluding hydrogens is 361 g/mol. The fraction of sp³-hybridized carbons (Fsp3) is 0.188. The Kier molecular flexibility index (Phi) is 6.39. The van der Waals surface area contributed by atoms with Crippen LogP contribution in [0.4, 0.5) is 5.69 Å². The van der Waals surface area contributed by atoms with Crippen molar-refractivity contribution in [3.05, 3.63) is 57.0 Å². The number of halogens is 3. The van der Waals surface area contributed by atoms with Crippen molar-refractivity contribution in [1.82, 2.24) is 0 Å². The largest absolute Gasteiger partial charge is 0.492 e. The second kappa shape index (κ2) is 8.29. The van der Waals surface area contributed by atoms with Crippen molar-refractivity contribution in [2.45, 2.75) is 6.42 Å². The zero-order valence-electron chi connectivity index (χ0n) is 12.0. The van der Waals surface area contributed by atoms with Gasteiger partial charge in [0.05, 0.1) is 17.2 Å².